The van der Waals surface area contributed by atoms with Gasteiger partial charge in [0, 0.05) is 17.4 Å². The Kier molecular flexibility index (Phi) is 3.97. The average molecular weight is 248 g/mol. The van der Waals surface area contributed by atoms with E-state index in [4.69, 9.17) is 0 Å². The number of amides is 1. The molecule has 0 fully saturated rings. The van der Waals surface area contributed by atoms with Gasteiger partial charge in [-0.15, -0.1) is 0 Å². The minimum absolute atomic E-state index is 0.179. The van der Waals surface area contributed by atoms with E-state index >= 15 is 0 Å². The van der Waals surface area contributed by atoms with Crippen LogP contribution >= 0.6 is 0 Å². The summed E-state index contributed by atoms with van der Waals surface area (Å²) in [6.45, 7) is 2.77. The highest BCUT2D eigenvalue weighted by Crippen LogP contribution is 2.18. The Morgan fingerprint density at radius 3 is 2.94 bits per heavy atom. The fraction of sp³-hybridized carbons (Fsp3) is 0.357. The lowest BCUT2D eigenvalue weighted by molar-refractivity contribution is 0.0949. The minimum atomic E-state index is -0.311. The first-order valence-electron chi connectivity index (χ1n) is 6.28. The van der Waals surface area contributed by atoms with Gasteiger partial charge in [0.1, 0.15) is 11.5 Å². The highest BCUT2D eigenvalue weighted by Gasteiger charge is 2.10. The van der Waals surface area contributed by atoms with Gasteiger partial charge in [0.2, 0.25) is 0 Å². The second-order valence-corrected chi connectivity index (χ2v) is 4.35. The van der Waals surface area contributed by atoms with Crippen molar-refractivity contribution in [2.45, 2.75) is 26.2 Å². The molecule has 0 unspecified atom stereocenters. The number of benzene rings is 1. The standard InChI is InChI=1S/C14H17FN2O/c1-2-3-4-8-16-14(18)13-9-10-11(15)6-5-7-12(10)17-13/h5-7,9,17H,2-4,8H2,1H3,(H,16,18). The molecule has 2 aromatic rings. The third-order valence-corrected chi connectivity index (χ3v) is 2.92. The smallest absolute Gasteiger partial charge is 0.267 e. The van der Waals surface area contributed by atoms with Crippen LogP contribution < -0.4 is 5.32 Å². The Balaban J connectivity index is 2.06. The third-order valence-electron chi connectivity index (χ3n) is 2.92. The van der Waals surface area contributed by atoms with Gasteiger partial charge in [0.15, 0.2) is 0 Å². The predicted molar refractivity (Wildman–Crippen MR) is 70.1 cm³/mol. The molecule has 96 valence electrons. The highest BCUT2D eigenvalue weighted by atomic mass is 19.1. The minimum Gasteiger partial charge on any atom is -0.351 e. The van der Waals surface area contributed by atoms with Gasteiger partial charge in [-0.2, -0.15) is 0 Å². The zero-order valence-corrected chi connectivity index (χ0v) is 10.4. The summed E-state index contributed by atoms with van der Waals surface area (Å²) in [5.74, 6) is -0.490. The lowest BCUT2D eigenvalue weighted by Crippen LogP contribution is -2.24. The molecule has 0 bridgehead atoms. The van der Waals surface area contributed by atoms with Crippen molar-refractivity contribution in [3.05, 3.63) is 35.8 Å². The van der Waals surface area contributed by atoms with Crippen molar-refractivity contribution in [1.29, 1.82) is 0 Å². The number of rotatable bonds is 5. The van der Waals surface area contributed by atoms with Crippen LogP contribution in [0.25, 0.3) is 10.9 Å². The van der Waals surface area contributed by atoms with Crippen molar-refractivity contribution in [1.82, 2.24) is 10.3 Å². The second kappa shape index (κ2) is 5.67. The first-order valence-corrected chi connectivity index (χ1v) is 6.28. The van der Waals surface area contributed by atoms with Gasteiger partial charge in [-0.05, 0) is 24.6 Å². The van der Waals surface area contributed by atoms with Gasteiger partial charge in [0.05, 0.1) is 0 Å². The summed E-state index contributed by atoms with van der Waals surface area (Å²) in [6, 6.07) is 6.32. The zero-order valence-electron chi connectivity index (χ0n) is 10.4. The molecule has 2 N–H and O–H groups in total. The number of aromatic nitrogens is 1. The van der Waals surface area contributed by atoms with Crippen LogP contribution in [0.15, 0.2) is 24.3 Å². The van der Waals surface area contributed by atoms with E-state index in [2.05, 4.69) is 17.2 Å². The summed E-state index contributed by atoms with van der Waals surface area (Å²) in [4.78, 5) is 14.7. The number of unbranched alkanes of at least 4 members (excludes halogenated alkanes) is 2. The fourth-order valence-corrected chi connectivity index (χ4v) is 1.91. The molecule has 1 aromatic carbocycles. The Hall–Kier alpha value is -1.84. The maximum Gasteiger partial charge on any atom is 0.267 e. The van der Waals surface area contributed by atoms with Crippen molar-refractivity contribution < 1.29 is 9.18 Å². The largest absolute Gasteiger partial charge is 0.351 e. The number of H-pyrrole nitrogens is 1. The second-order valence-electron chi connectivity index (χ2n) is 4.35. The van der Waals surface area contributed by atoms with Crippen LogP contribution in [0.1, 0.15) is 36.7 Å². The number of fused-ring (bicyclic) bond motifs is 1. The summed E-state index contributed by atoms with van der Waals surface area (Å²) < 4.78 is 13.5. The lowest BCUT2D eigenvalue weighted by atomic mass is 10.2. The fourth-order valence-electron chi connectivity index (χ4n) is 1.91. The topological polar surface area (TPSA) is 44.9 Å². The van der Waals surface area contributed by atoms with Gasteiger partial charge < -0.3 is 10.3 Å². The van der Waals surface area contributed by atoms with Crippen molar-refractivity contribution >= 4 is 16.8 Å². The molecule has 4 heteroatoms. The van der Waals surface area contributed by atoms with Crippen molar-refractivity contribution in [3.63, 3.8) is 0 Å². The molecule has 3 nitrogen and oxygen atoms in total. The monoisotopic (exact) mass is 248 g/mol. The quantitative estimate of drug-likeness (QED) is 0.784. The van der Waals surface area contributed by atoms with Crippen LogP contribution in [-0.4, -0.2) is 17.4 Å². The van der Waals surface area contributed by atoms with E-state index in [1.807, 2.05) is 0 Å². The molecule has 0 saturated heterocycles. The van der Waals surface area contributed by atoms with Crippen LogP contribution in [0.2, 0.25) is 0 Å². The lowest BCUT2D eigenvalue weighted by Gasteiger charge is -2.02. The van der Waals surface area contributed by atoms with E-state index < -0.39 is 0 Å². The van der Waals surface area contributed by atoms with Crippen LogP contribution in [0.5, 0.6) is 0 Å². The van der Waals surface area contributed by atoms with Gasteiger partial charge in [-0.3, -0.25) is 4.79 Å². The van der Waals surface area contributed by atoms with E-state index in [1.165, 1.54) is 6.07 Å². The molecule has 0 atom stereocenters. The molecule has 2 rings (SSSR count). The number of hydrogen-bond acceptors (Lipinski definition) is 1. The van der Waals surface area contributed by atoms with Gasteiger partial charge in [-0.25, -0.2) is 4.39 Å². The molecule has 0 aliphatic heterocycles. The van der Waals surface area contributed by atoms with Crippen LogP contribution in [0, 0.1) is 5.82 Å². The molecule has 1 heterocycles. The molecule has 0 spiro atoms. The number of carbonyl (C=O) groups is 1. The molecule has 1 aromatic heterocycles. The predicted octanol–water partition coefficient (Wildman–Crippen LogP) is 3.23. The van der Waals surface area contributed by atoms with Crippen molar-refractivity contribution in [3.8, 4) is 0 Å². The normalized spacial score (nSPS) is 10.8. The summed E-state index contributed by atoms with van der Waals surface area (Å²) in [5, 5.41) is 3.28. The SMILES string of the molecule is CCCCCNC(=O)c1cc2c(F)cccc2[nH]1. The van der Waals surface area contributed by atoms with Crippen LogP contribution in [-0.2, 0) is 0 Å². The third kappa shape index (κ3) is 2.70. The molecule has 0 saturated carbocycles. The molecule has 18 heavy (non-hydrogen) atoms. The Bertz CT molecular complexity index is 548. The number of aromatic amines is 1. The van der Waals surface area contributed by atoms with Gasteiger partial charge >= 0.3 is 0 Å². The van der Waals surface area contributed by atoms with Gasteiger partial charge in [0.25, 0.3) is 5.91 Å². The first kappa shape index (κ1) is 12.6. The number of nitrogens with one attached hydrogen (secondary N) is 2. The summed E-state index contributed by atoms with van der Waals surface area (Å²) in [6.07, 6.45) is 3.19. The molecule has 0 aliphatic rings. The van der Waals surface area contributed by atoms with Crippen molar-refractivity contribution in [2.24, 2.45) is 0 Å². The summed E-state index contributed by atoms with van der Waals surface area (Å²) in [5.41, 5.74) is 1.06. The molecule has 0 radical (unpaired) electrons. The Morgan fingerprint density at radius 2 is 2.22 bits per heavy atom. The molecule has 0 aliphatic carbocycles. The van der Waals surface area contributed by atoms with E-state index in [-0.39, 0.29) is 11.7 Å². The first-order chi connectivity index (χ1) is 8.72. The number of halogens is 1. The van der Waals surface area contributed by atoms with Crippen molar-refractivity contribution in [2.75, 3.05) is 6.54 Å². The highest BCUT2D eigenvalue weighted by molar-refractivity contribution is 5.98. The molecular formula is C14H17FN2O. The van der Waals surface area contributed by atoms with E-state index in [0.717, 1.165) is 19.3 Å². The molecular weight excluding hydrogens is 231 g/mol. The van der Waals surface area contributed by atoms with Crippen LogP contribution in [0.4, 0.5) is 4.39 Å². The summed E-state index contributed by atoms with van der Waals surface area (Å²) >= 11 is 0. The molecule has 1 amide bonds. The van der Waals surface area contributed by atoms with E-state index in [1.54, 1.807) is 18.2 Å². The van der Waals surface area contributed by atoms with Crippen LogP contribution in [0.3, 0.4) is 0 Å². The van der Waals surface area contributed by atoms with E-state index in [0.29, 0.717) is 23.1 Å². The summed E-state index contributed by atoms with van der Waals surface area (Å²) in [7, 11) is 0. The van der Waals surface area contributed by atoms with Gasteiger partial charge in [-0.1, -0.05) is 25.8 Å². The van der Waals surface area contributed by atoms with E-state index in [9.17, 15) is 9.18 Å². The Labute approximate surface area is 105 Å². The zero-order chi connectivity index (χ0) is 13.0. The average Bonchev–Trinajstić information content (AvgIpc) is 2.80. The number of hydrogen-bond donors (Lipinski definition) is 2. The Morgan fingerprint density at radius 1 is 1.39 bits per heavy atom. The maximum absolute atomic E-state index is 13.5. The maximum atomic E-state index is 13.5. The number of carbonyl (C=O) groups excluding carboxylic acids is 1.